The smallest absolute Gasteiger partial charge is 0.330 e. The first-order chi connectivity index (χ1) is 12.5. The predicted molar refractivity (Wildman–Crippen MR) is 105 cm³/mol. The van der Waals surface area contributed by atoms with E-state index in [-0.39, 0.29) is 0 Å². The summed E-state index contributed by atoms with van der Waals surface area (Å²) < 4.78 is 33.4. The van der Waals surface area contributed by atoms with E-state index in [9.17, 15) is 0 Å². The van der Waals surface area contributed by atoms with E-state index >= 15 is 0 Å². The Balaban J connectivity index is 0.000000465. The van der Waals surface area contributed by atoms with Crippen molar-refractivity contribution in [3.8, 4) is 0 Å². The van der Waals surface area contributed by atoms with Gasteiger partial charge in [-0.2, -0.15) is 13.5 Å². The number of hydrogen-bond donors (Lipinski definition) is 3. The van der Waals surface area contributed by atoms with Crippen molar-refractivity contribution in [2.45, 2.75) is 20.4 Å². The Morgan fingerprint density at radius 1 is 1.22 bits per heavy atom. The highest BCUT2D eigenvalue weighted by atomic mass is 35.5. The lowest BCUT2D eigenvalue weighted by atomic mass is 10.3. The molecule has 13 heteroatoms. The summed E-state index contributed by atoms with van der Waals surface area (Å²) in [6.07, 6.45) is 0. The summed E-state index contributed by atoms with van der Waals surface area (Å²) >= 11 is 13.6. The number of aromatic nitrogens is 4. The molecular weight excluding hydrogens is 437 g/mol. The molecule has 0 fully saturated rings. The second-order valence-electron chi connectivity index (χ2n) is 5.23. The first kappa shape index (κ1) is 21.5. The zero-order valence-corrected chi connectivity index (χ0v) is 17.2. The van der Waals surface area contributed by atoms with Gasteiger partial charge in [0.25, 0.3) is 0 Å². The maximum Gasteiger partial charge on any atom is 0.394 e. The van der Waals surface area contributed by atoms with Crippen LogP contribution in [0.2, 0.25) is 10.0 Å². The second kappa shape index (κ2) is 8.95. The molecule has 0 saturated carbocycles. The zero-order chi connectivity index (χ0) is 20.2. The molecule has 0 atom stereocenters. The largest absolute Gasteiger partial charge is 0.394 e. The number of nitrogens with zero attached hydrogens (tertiary/aromatic N) is 4. The van der Waals surface area contributed by atoms with Gasteiger partial charge in [-0.15, -0.1) is 10.2 Å². The van der Waals surface area contributed by atoms with Crippen LogP contribution in [-0.2, 0) is 16.9 Å². The van der Waals surface area contributed by atoms with E-state index < -0.39 is 10.4 Å². The second-order valence-corrected chi connectivity index (χ2v) is 8.00. The number of aryl methyl sites for hydroxylation is 1. The Kier molecular flexibility index (Phi) is 7.14. The Morgan fingerprint density at radius 2 is 1.89 bits per heavy atom. The van der Waals surface area contributed by atoms with Crippen molar-refractivity contribution in [3.05, 3.63) is 50.7 Å². The first-order valence-electron chi connectivity index (χ1n) is 7.27. The van der Waals surface area contributed by atoms with Crippen molar-refractivity contribution in [2.75, 3.05) is 5.32 Å². The quantitative estimate of drug-likeness (QED) is 0.510. The van der Waals surface area contributed by atoms with E-state index in [1.54, 1.807) is 0 Å². The molecule has 9 nitrogen and oxygen atoms in total. The molecule has 0 aliphatic carbocycles. The third-order valence-corrected chi connectivity index (χ3v) is 4.73. The van der Waals surface area contributed by atoms with E-state index in [1.807, 2.05) is 42.8 Å². The molecule has 0 amide bonds. The standard InChI is InChI=1S/C14H13Cl2N5S.H2O4S/c1-8-13(16)9(2)21(20-8)7-12-18-19-14(22-12)17-11-5-3-4-10(15)6-11;1-5(2,3)4/h3-6H,7H2,1-2H3,(H,17,19);(H2,1,2,3,4). The normalized spacial score (nSPS) is 11.0. The molecule has 1 aromatic carbocycles. The van der Waals surface area contributed by atoms with Crippen molar-refractivity contribution in [3.63, 3.8) is 0 Å². The van der Waals surface area contributed by atoms with Crippen LogP contribution in [0.4, 0.5) is 10.8 Å². The summed E-state index contributed by atoms with van der Waals surface area (Å²) in [5.41, 5.74) is 2.63. The zero-order valence-electron chi connectivity index (χ0n) is 14.1. The monoisotopic (exact) mass is 451 g/mol. The molecule has 3 N–H and O–H groups in total. The molecule has 0 unspecified atom stereocenters. The van der Waals surface area contributed by atoms with E-state index in [0.29, 0.717) is 21.7 Å². The van der Waals surface area contributed by atoms with Crippen LogP contribution in [0.25, 0.3) is 0 Å². The van der Waals surface area contributed by atoms with Gasteiger partial charge in [0.15, 0.2) is 0 Å². The molecule has 0 bridgehead atoms. The summed E-state index contributed by atoms with van der Waals surface area (Å²) in [6.45, 7) is 4.38. The van der Waals surface area contributed by atoms with Gasteiger partial charge in [0, 0.05) is 10.7 Å². The summed E-state index contributed by atoms with van der Waals surface area (Å²) in [7, 11) is -4.67. The highest BCUT2D eigenvalue weighted by molar-refractivity contribution is 7.79. The maximum atomic E-state index is 8.74. The fourth-order valence-corrected chi connectivity index (χ4v) is 3.08. The highest BCUT2D eigenvalue weighted by Gasteiger charge is 2.12. The van der Waals surface area contributed by atoms with E-state index in [0.717, 1.165) is 22.1 Å². The average molecular weight is 452 g/mol. The average Bonchev–Trinajstić information content (AvgIpc) is 3.07. The first-order valence-corrected chi connectivity index (χ1v) is 10.2. The molecule has 2 heterocycles. The number of rotatable bonds is 4. The topological polar surface area (TPSA) is 130 Å². The Morgan fingerprint density at radius 3 is 2.44 bits per heavy atom. The van der Waals surface area contributed by atoms with Crippen molar-refractivity contribution in [2.24, 2.45) is 0 Å². The molecule has 27 heavy (non-hydrogen) atoms. The van der Waals surface area contributed by atoms with Crippen molar-refractivity contribution in [1.82, 2.24) is 20.0 Å². The van der Waals surface area contributed by atoms with Gasteiger partial charge in [0.05, 0.1) is 23.0 Å². The van der Waals surface area contributed by atoms with Gasteiger partial charge < -0.3 is 5.32 Å². The number of halogens is 2. The molecule has 0 radical (unpaired) electrons. The number of benzene rings is 1. The van der Waals surface area contributed by atoms with Crippen LogP contribution in [0.1, 0.15) is 16.4 Å². The molecule has 3 rings (SSSR count). The number of nitrogens with one attached hydrogen (secondary N) is 1. The van der Waals surface area contributed by atoms with Gasteiger partial charge in [-0.3, -0.25) is 13.8 Å². The lowest BCUT2D eigenvalue weighted by molar-refractivity contribution is 0.381. The molecule has 146 valence electrons. The van der Waals surface area contributed by atoms with Crippen molar-refractivity contribution in [1.29, 1.82) is 0 Å². The molecule has 2 aromatic heterocycles. The fourth-order valence-electron chi connectivity index (χ4n) is 2.01. The third-order valence-electron chi connectivity index (χ3n) is 3.12. The Hall–Kier alpha value is -1.76. The lowest BCUT2D eigenvalue weighted by Gasteiger charge is -2.01. The van der Waals surface area contributed by atoms with E-state index in [2.05, 4.69) is 20.6 Å². The lowest BCUT2D eigenvalue weighted by Crippen LogP contribution is -2.03. The van der Waals surface area contributed by atoms with Crippen LogP contribution < -0.4 is 5.32 Å². The highest BCUT2D eigenvalue weighted by Crippen LogP contribution is 2.25. The van der Waals surface area contributed by atoms with Gasteiger partial charge in [0.1, 0.15) is 5.01 Å². The molecule has 3 aromatic rings. The van der Waals surface area contributed by atoms with Crippen molar-refractivity contribution >= 4 is 55.8 Å². The Labute approximate surface area is 169 Å². The van der Waals surface area contributed by atoms with Crippen LogP contribution in [0.15, 0.2) is 24.3 Å². The van der Waals surface area contributed by atoms with Crippen molar-refractivity contribution < 1.29 is 17.5 Å². The van der Waals surface area contributed by atoms with E-state index in [1.165, 1.54) is 11.3 Å². The van der Waals surface area contributed by atoms with Crippen LogP contribution in [0, 0.1) is 13.8 Å². The maximum absolute atomic E-state index is 8.74. The minimum Gasteiger partial charge on any atom is -0.330 e. The summed E-state index contributed by atoms with van der Waals surface area (Å²) in [4.78, 5) is 0. The number of hydrogen-bond acceptors (Lipinski definition) is 7. The third kappa shape index (κ3) is 7.05. The van der Waals surface area contributed by atoms with Crippen LogP contribution in [-0.4, -0.2) is 37.5 Å². The fraction of sp³-hybridized carbons (Fsp3) is 0.214. The summed E-state index contributed by atoms with van der Waals surface area (Å²) in [5.74, 6) is 0. The van der Waals surface area contributed by atoms with Gasteiger partial charge in [0.2, 0.25) is 5.13 Å². The number of anilines is 2. The van der Waals surface area contributed by atoms with Crippen LogP contribution in [0.5, 0.6) is 0 Å². The van der Waals surface area contributed by atoms with E-state index in [4.69, 9.17) is 40.7 Å². The SMILES string of the molecule is Cc1nn(Cc2nnc(Nc3cccc(Cl)c3)s2)c(C)c1Cl.O=S(=O)(O)O. The minimum absolute atomic E-state index is 0.550. The van der Waals surface area contributed by atoms with Gasteiger partial charge >= 0.3 is 10.4 Å². The molecule has 0 saturated heterocycles. The summed E-state index contributed by atoms with van der Waals surface area (Å²) in [6, 6.07) is 7.46. The van der Waals surface area contributed by atoms with Gasteiger partial charge in [-0.25, -0.2) is 0 Å². The van der Waals surface area contributed by atoms with Crippen LogP contribution >= 0.6 is 34.5 Å². The minimum atomic E-state index is -4.67. The molecule has 0 aliphatic rings. The van der Waals surface area contributed by atoms with Gasteiger partial charge in [-0.05, 0) is 32.0 Å². The van der Waals surface area contributed by atoms with Crippen LogP contribution in [0.3, 0.4) is 0 Å². The molecule has 0 spiro atoms. The molecule has 0 aliphatic heterocycles. The Bertz CT molecular complexity index is 1030. The summed E-state index contributed by atoms with van der Waals surface area (Å²) in [5, 5.41) is 18.8. The predicted octanol–water partition coefficient (Wildman–Crippen LogP) is 3.80. The molecular formula is C14H15Cl2N5O4S2. The van der Waals surface area contributed by atoms with Gasteiger partial charge in [-0.1, -0.05) is 40.6 Å².